The van der Waals surface area contributed by atoms with Gasteiger partial charge in [0.25, 0.3) is 0 Å². The maximum Gasteiger partial charge on any atom is 0.115 e. The van der Waals surface area contributed by atoms with E-state index in [1.165, 1.54) is 11.1 Å². The highest BCUT2D eigenvalue weighted by Gasteiger charge is 2.19. The number of hydrogen-bond acceptors (Lipinski definition) is 3. The summed E-state index contributed by atoms with van der Waals surface area (Å²) >= 11 is 0. The van der Waals surface area contributed by atoms with E-state index in [-0.39, 0.29) is 0 Å². The molecule has 2 aromatic carbocycles. The van der Waals surface area contributed by atoms with Gasteiger partial charge in [0.1, 0.15) is 5.75 Å². The molecule has 1 unspecified atom stereocenters. The molecule has 3 heteroatoms. The van der Waals surface area contributed by atoms with Crippen molar-refractivity contribution < 1.29 is 10.2 Å². The first-order valence-electron chi connectivity index (χ1n) is 7.49. The lowest BCUT2D eigenvalue weighted by molar-refractivity contribution is 0.168. The van der Waals surface area contributed by atoms with E-state index in [0.29, 0.717) is 18.3 Å². The Morgan fingerprint density at radius 1 is 1.10 bits per heavy atom. The Labute approximate surface area is 125 Å². The molecule has 3 rings (SSSR count). The van der Waals surface area contributed by atoms with E-state index in [2.05, 4.69) is 5.32 Å². The molecule has 0 heterocycles. The Morgan fingerprint density at radius 2 is 1.90 bits per heavy atom. The second-order valence-corrected chi connectivity index (χ2v) is 5.73. The van der Waals surface area contributed by atoms with Crippen LogP contribution in [-0.4, -0.2) is 22.8 Å². The number of rotatable bonds is 4. The molecule has 0 fully saturated rings. The van der Waals surface area contributed by atoms with E-state index >= 15 is 0 Å². The number of aliphatic hydroxyl groups is 1. The lowest BCUT2D eigenvalue weighted by Gasteiger charge is -2.26. The SMILES string of the molecule is Oc1ccc2c(c1)CC(NC[C@@H](O)c1ccccc1)CC2. The van der Waals surface area contributed by atoms with Crippen molar-refractivity contribution in [2.45, 2.75) is 31.4 Å². The minimum absolute atomic E-state index is 0.332. The third-order valence-corrected chi connectivity index (χ3v) is 4.20. The largest absolute Gasteiger partial charge is 0.508 e. The van der Waals surface area contributed by atoms with Gasteiger partial charge in [-0.3, -0.25) is 0 Å². The molecule has 1 aliphatic carbocycles. The number of aromatic hydroxyl groups is 1. The van der Waals surface area contributed by atoms with Crippen molar-refractivity contribution in [3.63, 3.8) is 0 Å². The number of phenolic OH excluding ortho intramolecular Hbond substituents is 1. The summed E-state index contributed by atoms with van der Waals surface area (Å²) in [6, 6.07) is 15.7. The van der Waals surface area contributed by atoms with E-state index in [0.717, 1.165) is 24.8 Å². The normalized spacial score (nSPS) is 19.0. The van der Waals surface area contributed by atoms with Crippen molar-refractivity contribution in [3.8, 4) is 5.75 Å². The third kappa shape index (κ3) is 3.43. The fourth-order valence-electron chi connectivity index (χ4n) is 2.99. The highest BCUT2D eigenvalue weighted by atomic mass is 16.3. The van der Waals surface area contributed by atoms with Gasteiger partial charge in [-0.2, -0.15) is 0 Å². The number of phenols is 1. The van der Waals surface area contributed by atoms with Crippen LogP contribution in [0.1, 0.15) is 29.2 Å². The Morgan fingerprint density at radius 3 is 2.71 bits per heavy atom. The molecule has 0 saturated heterocycles. The molecule has 0 spiro atoms. The summed E-state index contributed by atoms with van der Waals surface area (Å²) in [7, 11) is 0. The van der Waals surface area contributed by atoms with Crippen molar-refractivity contribution in [2.24, 2.45) is 0 Å². The number of aliphatic hydroxyl groups excluding tert-OH is 1. The maximum atomic E-state index is 10.2. The van der Waals surface area contributed by atoms with Crippen LogP contribution in [-0.2, 0) is 12.8 Å². The summed E-state index contributed by atoms with van der Waals surface area (Å²) in [5.41, 5.74) is 3.49. The topological polar surface area (TPSA) is 52.5 Å². The standard InChI is InChI=1S/C18H21NO2/c20-17-9-7-13-6-8-16(10-15(13)11-17)19-12-18(21)14-4-2-1-3-5-14/h1-5,7,9,11,16,18-21H,6,8,10,12H2/t16?,18-/m1/s1. The molecular formula is C18H21NO2. The van der Waals surface area contributed by atoms with Crippen molar-refractivity contribution in [2.75, 3.05) is 6.54 Å². The van der Waals surface area contributed by atoms with Crippen LogP contribution in [0.4, 0.5) is 0 Å². The van der Waals surface area contributed by atoms with E-state index in [1.54, 1.807) is 6.07 Å². The fraction of sp³-hybridized carbons (Fsp3) is 0.333. The smallest absolute Gasteiger partial charge is 0.115 e. The van der Waals surface area contributed by atoms with Crippen LogP contribution in [0.3, 0.4) is 0 Å². The predicted octanol–water partition coefficient (Wildman–Crippen LogP) is 2.57. The highest BCUT2D eigenvalue weighted by Crippen LogP contribution is 2.25. The summed E-state index contributed by atoms with van der Waals surface area (Å²) in [4.78, 5) is 0. The van der Waals surface area contributed by atoms with Crippen molar-refractivity contribution in [1.82, 2.24) is 5.32 Å². The molecule has 0 saturated carbocycles. The van der Waals surface area contributed by atoms with Gasteiger partial charge >= 0.3 is 0 Å². The van der Waals surface area contributed by atoms with Gasteiger partial charge in [-0.25, -0.2) is 0 Å². The van der Waals surface area contributed by atoms with Crippen molar-refractivity contribution in [1.29, 1.82) is 0 Å². The molecule has 0 radical (unpaired) electrons. The van der Waals surface area contributed by atoms with Crippen molar-refractivity contribution >= 4 is 0 Å². The quantitative estimate of drug-likeness (QED) is 0.808. The lowest BCUT2D eigenvalue weighted by atomic mass is 9.88. The van der Waals surface area contributed by atoms with Gasteiger partial charge in [-0.15, -0.1) is 0 Å². The van der Waals surface area contributed by atoms with E-state index in [1.807, 2.05) is 42.5 Å². The second-order valence-electron chi connectivity index (χ2n) is 5.73. The minimum atomic E-state index is -0.475. The van der Waals surface area contributed by atoms with Gasteiger partial charge in [0.15, 0.2) is 0 Å². The molecule has 2 atom stereocenters. The fourth-order valence-corrected chi connectivity index (χ4v) is 2.99. The Balaban J connectivity index is 1.58. The molecular weight excluding hydrogens is 262 g/mol. The Bertz CT molecular complexity index is 597. The second kappa shape index (κ2) is 6.29. The number of hydrogen-bond donors (Lipinski definition) is 3. The monoisotopic (exact) mass is 283 g/mol. The molecule has 0 bridgehead atoms. The zero-order valence-corrected chi connectivity index (χ0v) is 12.0. The van der Waals surface area contributed by atoms with E-state index < -0.39 is 6.10 Å². The zero-order valence-electron chi connectivity index (χ0n) is 12.0. The summed E-state index contributed by atoms with van der Waals surface area (Å²) < 4.78 is 0. The minimum Gasteiger partial charge on any atom is -0.508 e. The van der Waals surface area contributed by atoms with E-state index in [9.17, 15) is 10.2 Å². The number of fused-ring (bicyclic) bond motifs is 1. The van der Waals surface area contributed by atoms with Crippen LogP contribution in [0, 0.1) is 0 Å². The van der Waals surface area contributed by atoms with Gasteiger partial charge in [-0.1, -0.05) is 36.4 Å². The first kappa shape index (κ1) is 14.1. The number of aryl methyl sites for hydroxylation is 1. The van der Waals surface area contributed by atoms with Crippen molar-refractivity contribution in [3.05, 3.63) is 65.2 Å². The van der Waals surface area contributed by atoms with Crippen LogP contribution in [0.25, 0.3) is 0 Å². The van der Waals surface area contributed by atoms with Crippen LogP contribution in [0.2, 0.25) is 0 Å². The van der Waals surface area contributed by atoms with Crippen LogP contribution in [0.5, 0.6) is 5.75 Å². The predicted molar refractivity (Wildman–Crippen MR) is 83.3 cm³/mol. The average molecular weight is 283 g/mol. The third-order valence-electron chi connectivity index (χ3n) is 4.20. The summed E-state index contributed by atoms with van der Waals surface area (Å²) in [6.07, 6.45) is 2.52. The Kier molecular flexibility index (Phi) is 4.23. The zero-order chi connectivity index (χ0) is 14.7. The molecule has 0 aromatic heterocycles. The molecule has 3 N–H and O–H groups in total. The van der Waals surface area contributed by atoms with Gasteiger partial charge < -0.3 is 15.5 Å². The molecule has 2 aromatic rings. The van der Waals surface area contributed by atoms with Gasteiger partial charge in [-0.05, 0) is 48.1 Å². The number of benzene rings is 2. The summed E-state index contributed by atoms with van der Waals surface area (Å²) in [5.74, 6) is 0.332. The van der Waals surface area contributed by atoms with Crippen LogP contribution in [0.15, 0.2) is 48.5 Å². The van der Waals surface area contributed by atoms with Gasteiger partial charge in [0, 0.05) is 12.6 Å². The van der Waals surface area contributed by atoms with Crippen LogP contribution < -0.4 is 5.32 Å². The first-order chi connectivity index (χ1) is 10.2. The molecule has 3 nitrogen and oxygen atoms in total. The molecule has 0 aliphatic heterocycles. The number of nitrogens with one attached hydrogen (secondary N) is 1. The van der Waals surface area contributed by atoms with E-state index in [4.69, 9.17) is 0 Å². The molecule has 0 amide bonds. The maximum absolute atomic E-state index is 10.2. The highest BCUT2D eigenvalue weighted by molar-refractivity contribution is 5.37. The molecule has 21 heavy (non-hydrogen) atoms. The molecule has 1 aliphatic rings. The Hall–Kier alpha value is -1.84. The first-order valence-corrected chi connectivity index (χ1v) is 7.49. The summed E-state index contributed by atoms with van der Waals surface area (Å²) in [5, 5.41) is 23.2. The molecule has 110 valence electrons. The summed E-state index contributed by atoms with van der Waals surface area (Å²) in [6.45, 7) is 0.558. The van der Waals surface area contributed by atoms with Gasteiger partial charge in [0.05, 0.1) is 6.10 Å². The average Bonchev–Trinajstić information content (AvgIpc) is 2.53. The lowest BCUT2D eigenvalue weighted by Crippen LogP contribution is -2.37. The van der Waals surface area contributed by atoms with Gasteiger partial charge in [0.2, 0.25) is 0 Å². The van der Waals surface area contributed by atoms with Crippen LogP contribution >= 0.6 is 0 Å².